The van der Waals surface area contributed by atoms with Gasteiger partial charge in [0.25, 0.3) is 0 Å². The first-order chi connectivity index (χ1) is 19.7. The van der Waals surface area contributed by atoms with Crippen LogP contribution in [0, 0.1) is 5.92 Å². The maximum absolute atomic E-state index is 13.4. The first-order valence-electron chi connectivity index (χ1n) is 13.8. The van der Waals surface area contributed by atoms with Gasteiger partial charge in [-0.2, -0.15) is 0 Å². The number of carbonyl (C=O) groups is 7. The summed E-state index contributed by atoms with van der Waals surface area (Å²) < 4.78 is 0. The molecule has 0 unspecified atom stereocenters. The zero-order valence-corrected chi connectivity index (χ0v) is 24.0. The molecule has 5 atom stereocenters. The number of hydrogen-bond acceptors (Lipinski definition) is 10. The van der Waals surface area contributed by atoms with E-state index in [-0.39, 0.29) is 19.4 Å². The van der Waals surface area contributed by atoms with Gasteiger partial charge in [0, 0.05) is 6.54 Å². The van der Waals surface area contributed by atoms with Gasteiger partial charge in [0.15, 0.2) is 0 Å². The number of carboxylic acid groups (broad SMARTS) is 1. The molecule has 0 aromatic rings. The molecule has 0 radical (unpaired) electrons. The van der Waals surface area contributed by atoms with Crippen molar-refractivity contribution in [1.29, 1.82) is 0 Å². The average Bonchev–Trinajstić information content (AvgIpc) is 3.42. The summed E-state index contributed by atoms with van der Waals surface area (Å²) in [4.78, 5) is 88.1. The fourth-order valence-corrected chi connectivity index (χ4v) is 4.32. The minimum absolute atomic E-state index is 0.117. The zero-order valence-electron chi connectivity index (χ0n) is 24.0. The molecule has 17 nitrogen and oxygen atoms in total. The molecule has 42 heavy (non-hydrogen) atoms. The number of aliphatic hydroxyl groups is 1. The van der Waals surface area contributed by atoms with E-state index in [1.165, 1.54) is 4.90 Å². The number of aliphatic carboxylic acids is 1. The van der Waals surface area contributed by atoms with E-state index in [9.17, 15) is 38.7 Å². The number of nitrogens with zero attached hydrogens (tertiary/aromatic N) is 1. The number of nitrogens with one attached hydrogen (secondary N) is 4. The lowest BCUT2D eigenvalue weighted by Gasteiger charge is -2.30. The van der Waals surface area contributed by atoms with Crippen LogP contribution in [0.5, 0.6) is 0 Å². The van der Waals surface area contributed by atoms with E-state index in [0.717, 1.165) is 0 Å². The van der Waals surface area contributed by atoms with Gasteiger partial charge in [-0.25, -0.2) is 4.79 Å². The van der Waals surface area contributed by atoms with Gasteiger partial charge in [-0.3, -0.25) is 28.8 Å². The molecule has 1 aliphatic heterocycles. The van der Waals surface area contributed by atoms with Crippen molar-refractivity contribution in [2.45, 2.75) is 82.6 Å². The van der Waals surface area contributed by atoms with Crippen LogP contribution in [0.1, 0.15) is 52.4 Å². The molecule has 0 aromatic heterocycles. The Kier molecular flexibility index (Phi) is 15.4. The number of rotatable bonds is 18. The SMILES string of the molecule is CC(C)[C@H](NC(=O)[C@@H](N)CO)C(=O)N[C@@H](CC(N)=O)C(=O)N1CCC[C@H]1C(=O)NCC(=O)N[C@@H](CCCCN)C(=O)O. The molecule has 0 spiro atoms. The Bertz CT molecular complexity index is 993. The molecule has 1 saturated heterocycles. The monoisotopic (exact) mass is 600 g/mol. The highest BCUT2D eigenvalue weighted by molar-refractivity contribution is 5.97. The van der Waals surface area contributed by atoms with E-state index in [2.05, 4.69) is 21.3 Å². The summed E-state index contributed by atoms with van der Waals surface area (Å²) in [6, 6.07) is -6.08. The second kappa shape index (κ2) is 17.9. The number of aliphatic hydroxyl groups excluding tert-OH is 1. The van der Waals surface area contributed by atoms with Gasteiger partial charge < -0.3 is 53.6 Å². The second-order valence-corrected chi connectivity index (χ2v) is 10.4. The largest absolute Gasteiger partial charge is 0.480 e. The second-order valence-electron chi connectivity index (χ2n) is 10.4. The summed E-state index contributed by atoms with van der Waals surface area (Å²) in [5, 5.41) is 28.0. The van der Waals surface area contributed by atoms with Crippen LogP contribution in [-0.2, 0) is 33.6 Å². The Morgan fingerprint density at radius 3 is 2.19 bits per heavy atom. The smallest absolute Gasteiger partial charge is 0.326 e. The molecule has 6 amide bonds. The highest BCUT2D eigenvalue weighted by atomic mass is 16.4. The summed E-state index contributed by atoms with van der Waals surface area (Å²) in [5.41, 5.74) is 16.2. The van der Waals surface area contributed by atoms with Gasteiger partial charge in [0.1, 0.15) is 30.2 Å². The minimum Gasteiger partial charge on any atom is -0.480 e. The Morgan fingerprint density at radius 2 is 1.64 bits per heavy atom. The number of likely N-dealkylation sites (tertiary alicyclic amines) is 1. The number of nitrogens with two attached hydrogens (primary N) is 3. The first kappa shape index (κ1) is 36.2. The summed E-state index contributed by atoms with van der Waals surface area (Å²) in [6.45, 7) is 2.55. The van der Waals surface area contributed by atoms with E-state index in [1.807, 2.05) is 0 Å². The van der Waals surface area contributed by atoms with Crippen LogP contribution in [0.3, 0.4) is 0 Å². The lowest BCUT2D eigenvalue weighted by molar-refractivity contribution is -0.143. The van der Waals surface area contributed by atoms with Crippen LogP contribution in [-0.4, -0.2) is 113 Å². The van der Waals surface area contributed by atoms with Gasteiger partial charge in [-0.1, -0.05) is 13.8 Å². The van der Waals surface area contributed by atoms with Crippen LogP contribution in [0.25, 0.3) is 0 Å². The number of unbranched alkanes of at least 4 members (excludes halogenated alkanes) is 1. The molecule has 0 saturated carbocycles. The zero-order chi connectivity index (χ0) is 32.0. The van der Waals surface area contributed by atoms with Gasteiger partial charge in [-0.05, 0) is 44.6 Å². The van der Waals surface area contributed by atoms with Crippen LogP contribution < -0.4 is 38.5 Å². The van der Waals surface area contributed by atoms with Gasteiger partial charge >= 0.3 is 5.97 Å². The standard InChI is InChI=1S/C25H44N8O9/c1-13(2)20(32-21(37)14(27)12-34)23(39)31-16(10-18(28)35)24(40)33-9-5-7-17(33)22(38)29-11-19(36)30-15(25(41)42)6-3-4-8-26/h13-17,20,34H,3-12,26-27H2,1-2H3,(H2,28,35)(H,29,38)(H,30,36)(H,31,39)(H,32,37)(H,41,42)/t14-,15-,16-,17-,20-/m0/s1. The normalized spacial score (nSPS) is 17.5. The number of primary amides is 1. The third-order valence-corrected chi connectivity index (χ3v) is 6.64. The fraction of sp³-hybridized carbons (Fsp3) is 0.720. The quantitative estimate of drug-likeness (QED) is 0.0677. The van der Waals surface area contributed by atoms with E-state index < -0.39 is 97.1 Å². The Balaban J connectivity index is 2.91. The summed E-state index contributed by atoms with van der Waals surface area (Å²) in [6.07, 6.45) is 1.30. The van der Waals surface area contributed by atoms with E-state index in [1.54, 1.807) is 13.8 Å². The van der Waals surface area contributed by atoms with E-state index >= 15 is 0 Å². The molecule has 17 heteroatoms. The first-order valence-corrected chi connectivity index (χ1v) is 13.8. The summed E-state index contributed by atoms with van der Waals surface area (Å²) >= 11 is 0. The number of amides is 6. The van der Waals surface area contributed by atoms with Crippen molar-refractivity contribution in [1.82, 2.24) is 26.2 Å². The van der Waals surface area contributed by atoms with Crippen LogP contribution in [0.2, 0.25) is 0 Å². The van der Waals surface area contributed by atoms with Crippen LogP contribution >= 0.6 is 0 Å². The van der Waals surface area contributed by atoms with Crippen molar-refractivity contribution in [3.05, 3.63) is 0 Å². The fourth-order valence-electron chi connectivity index (χ4n) is 4.32. The summed E-state index contributed by atoms with van der Waals surface area (Å²) in [5.74, 6) is -6.39. The molecule has 0 aromatic carbocycles. The third-order valence-electron chi connectivity index (χ3n) is 6.64. The number of carbonyl (C=O) groups excluding carboxylic acids is 6. The van der Waals surface area contributed by atoms with Gasteiger partial charge in [0.05, 0.1) is 19.6 Å². The maximum Gasteiger partial charge on any atom is 0.326 e. The van der Waals surface area contributed by atoms with Crippen molar-refractivity contribution in [3.8, 4) is 0 Å². The van der Waals surface area contributed by atoms with Crippen LogP contribution in [0.4, 0.5) is 0 Å². The highest BCUT2D eigenvalue weighted by Gasteiger charge is 2.39. The van der Waals surface area contributed by atoms with Crippen molar-refractivity contribution >= 4 is 41.4 Å². The van der Waals surface area contributed by atoms with Crippen molar-refractivity contribution in [2.24, 2.45) is 23.1 Å². The molecule has 238 valence electrons. The average molecular weight is 601 g/mol. The van der Waals surface area contributed by atoms with E-state index in [4.69, 9.17) is 22.3 Å². The molecular formula is C25H44N8O9. The Morgan fingerprint density at radius 1 is 0.976 bits per heavy atom. The number of hydrogen-bond donors (Lipinski definition) is 9. The lowest BCUT2D eigenvalue weighted by atomic mass is 10.0. The van der Waals surface area contributed by atoms with Gasteiger partial charge in [0.2, 0.25) is 35.4 Å². The predicted octanol–water partition coefficient (Wildman–Crippen LogP) is -4.39. The minimum atomic E-state index is -1.46. The molecule has 0 bridgehead atoms. The molecule has 1 heterocycles. The van der Waals surface area contributed by atoms with Gasteiger partial charge in [-0.15, -0.1) is 0 Å². The third kappa shape index (κ3) is 11.6. The van der Waals surface area contributed by atoms with Crippen LogP contribution in [0.15, 0.2) is 0 Å². The maximum atomic E-state index is 13.4. The topological polar surface area (TPSA) is 289 Å². The van der Waals surface area contributed by atoms with E-state index in [0.29, 0.717) is 25.8 Å². The Hall–Kier alpha value is -3.83. The molecule has 12 N–H and O–H groups in total. The Labute approximate surface area is 243 Å². The lowest BCUT2D eigenvalue weighted by Crippen LogP contribution is -2.59. The summed E-state index contributed by atoms with van der Waals surface area (Å²) in [7, 11) is 0. The number of carboxylic acids is 1. The van der Waals surface area contributed by atoms with Crippen molar-refractivity contribution < 1.29 is 43.8 Å². The molecular weight excluding hydrogens is 556 g/mol. The van der Waals surface area contributed by atoms with Crippen molar-refractivity contribution in [3.63, 3.8) is 0 Å². The molecule has 1 aliphatic rings. The molecule has 0 aliphatic carbocycles. The van der Waals surface area contributed by atoms with Crippen molar-refractivity contribution in [2.75, 3.05) is 26.2 Å². The molecule has 1 fully saturated rings. The predicted molar refractivity (Wildman–Crippen MR) is 148 cm³/mol. The highest BCUT2D eigenvalue weighted by Crippen LogP contribution is 2.19. The molecule has 1 rings (SSSR count).